The van der Waals surface area contributed by atoms with E-state index < -0.39 is 23.1 Å². The van der Waals surface area contributed by atoms with Crippen LogP contribution in [0.1, 0.15) is 5.69 Å². The normalized spacial score (nSPS) is 10.8. The van der Waals surface area contributed by atoms with E-state index in [-0.39, 0.29) is 0 Å². The first-order chi connectivity index (χ1) is 7.61. The summed E-state index contributed by atoms with van der Waals surface area (Å²) in [4.78, 5) is 0. The van der Waals surface area contributed by atoms with Crippen molar-refractivity contribution in [1.82, 2.24) is 15.0 Å². The van der Waals surface area contributed by atoms with Crippen molar-refractivity contribution in [2.75, 3.05) is 0 Å². The molecule has 1 aromatic carbocycles. The van der Waals surface area contributed by atoms with Crippen molar-refractivity contribution in [2.45, 2.75) is 5.33 Å². The maximum Gasteiger partial charge on any atom is 0.154 e. The number of rotatable bonds is 2. The molecule has 0 bridgehead atoms. The number of alkyl halides is 1. The van der Waals surface area contributed by atoms with Crippen LogP contribution in [0, 0.1) is 17.5 Å². The van der Waals surface area contributed by atoms with Crippen LogP contribution in [0.4, 0.5) is 13.2 Å². The Labute approximate surface area is 97.0 Å². The predicted molar refractivity (Wildman–Crippen MR) is 53.9 cm³/mol. The van der Waals surface area contributed by atoms with Crippen molar-refractivity contribution in [3.05, 3.63) is 41.5 Å². The standard InChI is InChI=1S/C9H5BrF3N3/c10-3-6-4-16(15-14-6)9-7(12)1-5(11)2-8(9)13/h1-2,4H,3H2. The van der Waals surface area contributed by atoms with Gasteiger partial charge in [0.1, 0.15) is 11.5 Å². The van der Waals surface area contributed by atoms with Gasteiger partial charge in [0.2, 0.25) is 0 Å². The molecule has 0 amide bonds. The van der Waals surface area contributed by atoms with E-state index >= 15 is 0 Å². The fraction of sp³-hybridized carbons (Fsp3) is 0.111. The van der Waals surface area contributed by atoms with Gasteiger partial charge in [-0.05, 0) is 0 Å². The molecule has 2 aromatic rings. The number of hydrogen-bond donors (Lipinski definition) is 0. The molecule has 84 valence electrons. The molecule has 16 heavy (non-hydrogen) atoms. The van der Waals surface area contributed by atoms with Crippen LogP contribution in [0.3, 0.4) is 0 Å². The smallest absolute Gasteiger partial charge is 0.154 e. The van der Waals surface area contributed by atoms with Gasteiger partial charge in [-0.2, -0.15) is 0 Å². The fourth-order valence-corrected chi connectivity index (χ4v) is 1.48. The molecule has 1 aromatic heterocycles. The Kier molecular flexibility index (Phi) is 2.95. The first-order valence-corrected chi connectivity index (χ1v) is 5.36. The zero-order valence-electron chi connectivity index (χ0n) is 7.79. The first kappa shape index (κ1) is 11.1. The lowest BCUT2D eigenvalue weighted by Gasteiger charge is -2.03. The van der Waals surface area contributed by atoms with Crippen LogP contribution in [0.25, 0.3) is 5.69 Å². The van der Waals surface area contributed by atoms with Gasteiger partial charge < -0.3 is 0 Å². The number of nitrogens with zero attached hydrogens (tertiary/aromatic N) is 3. The lowest BCUT2D eigenvalue weighted by Crippen LogP contribution is -2.03. The molecule has 0 N–H and O–H groups in total. The zero-order valence-corrected chi connectivity index (χ0v) is 9.38. The molecular formula is C9H5BrF3N3. The monoisotopic (exact) mass is 291 g/mol. The molecule has 0 unspecified atom stereocenters. The van der Waals surface area contributed by atoms with E-state index in [1.165, 1.54) is 6.20 Å². The first-order valence-electron chi connectivity index (χ1n) is 4.24. The fourth-order valence-electron chi connectivity index (χ4n) is 1.22. The lowest BCUT2D eigenvalue weighted by atomic mass is 10.3. The summed E-state index contributed by atoms with van der Waals surface area (Å²) < 4.78 is 40.3. The molecule has 3 nitrogen and oxygen atoms in total. The van der Waals surface area contributed by atoms with Crippen molar-refractivity contribution in [3.8, 4) is 5.69 Å². The highest BCUT2D eigenvalue weighted by Crippen LogP contribution is 2.18. The SMILES string of the molecule is Fc1cc(F)c(-n2cc(CBr)nn2)c(F)c1. The Bertz CT molecular complexity index is 503. The summed E-state index contributed by atoms with van der Waals surface area (Å²) in [7, 11) is 0. The van der Waals surface area contributed by atoms with Gasteiger partial charge >= 0.3 is 0 Å². The summed E-state index contributed by atoms with van der Waals surface area (Å²) in [5, 5.41) is 7.61. The van der Waals surface area contributed by atoms with E-state index in [1.807, 2.05) is 0 Å². The van der Waals surface area contributed by atoms with Gasteiger partial charge in [0.25, 0.3) is 0 Å². The van der Waals surface area contributed by atoms with E-state index in [2.05, 4.69) is 26.2 Å². The van der Waals surface area contributed by atoms with Gasteiger partial charge in [0.05, 0.1) is 11.9 Å². The summed E-state index contributed by atoms with van der Waals surface area (Å²) in [5.41, 5.74) is 0.0734. The quantitative estimate of drug-likeness (QED) is 0.796. The second-order valence-electron chi connectivity index (χ2n) is 3.01. The minimum atomic E-state index is -1.02. The molecule has 0 aliphatic rings. The van der Waals surface area contributed by atoms with E-state index in [4.69, 9.17) is 0 Å². The van der Waals surface area contributed by atoms with Crippen LogP contribution < -0.4 is 0 Å². The van der Waals surface area contributed by atoms with Gasteiger partial charge in [0, 0.05) is 17.5 Å². The molecule has 2 rings (SSSR count). The minimum absolute atomic E-state index is 0.414. The zero-order chi connectivity index (χ0) is 11.7. The summed E-state index contributed by atoms with van der Waals surface area (Å²) in [6.45, 7) is 0. The number of aromatic nitrogens is 3. The number of benzene rings is 1. The third-order valence-corrected chi connectivity index (χ3v) is 2.46. The van der Waals surface area contributed by atoms with Gasteiger partial charge in [0.15, 0.2) is 11.6 Å². The van der Waals surface area contributed by atoms with E-state index in [0.717, 1.165) is 4.68 Å². The Morgan fingerprint density at radius 1 is 1.19 bits per heavy atom. The van der Waals surface area contributed by atoms with Gasteiger partial charge in [-0.1, -0.05) is 21.1 Å². The van der Waals surface area contributed by atoms with Crippen LogP contribution in [0.5, 0.6) is 0 Å². The molecule has 0 spiro atoms. The summed E-state index contributed by atoms with van der Waals surface area (Å²) in [6.07, 6.45) is 1.36. The molecule has 0 saturated carbocycles. The maximum atomic E-state index is 13.3. The van der Waals surface area contributed by atoms with Crippen LogP contribution in [-0.4, -0.2) is 15.0 Å². The molecule has 0 fully saturated rings. The van der Waals surface area contributed by atoms with E-state index in [9.17, 15) is 13.2 Å². The molecule has 0 aliphatic heterocycles. The molecule has 0 saturated heterocycles. The molecule has 1 heterocycles. The average molecular weight is 292 g/mol. The lowest BCUT2D eigenvalue weighted by molar-refractivity contribution is 0.526. The van der Waals surface area contributed by atoms with Crippen LogP contribution in [-0.2, 0) is 5.33 Å². The van der Waals surface area contributed by atoms with Crippen molar-refractivity contribution in [1.29, 1.82) is 0 Å². The highest BCUT2D eigenvalue weighted by molar-refractivity contribution is 9.08. The van der Waals surface area contributed by atoms with Gasteiger partial charge in [-0.15, -0.1) is 5.10 Å². The third kappa shape index (κ3) is 1.95. The van der Waals surface area contributed by atoms with E-state index in [0.29, 0.717) is 23.2 Å². The Morgan fingerprint density at radius 3 is 2.31 bits per heavy atom. The summed E-state index contributed by atoms with van der Waals surface area (Å²) in [5.74, 6) is -3.02. The summed E-state index contributed by atoms with van der Waals surface area (Å²) in [6, 6.07) is 1.18. The second kappa shape index (κ2) is 4.25. The van der Waals surface area contributed by atoms with E-state index in [1.54, 1.807) is 0 Å². The van der Waals surface area contributed by atoms with Crippen molar-refractivity contribution < 1.29 is 13.2 Å². The molecule has 0 atom stereocenters. The molecular weight excluding hydrogens is 287 g/mol. The molecule has 0 radical (unpaired) electrons. The Balaban J connectivity index is 2.55. The second-order valence-corrected chi connectivity index (χ2v) is 3.57. The van der Waals surface area contributed by atoms with Crippen molar-refractivity contribution in [3.63, 3.8) is 0 Å². The Morgan fingerprint density at radius 2 is 1.81 bits per heavy atom. The topological polar surface area (TPSA) is 30.7 Å². The summed E-state index contributed by atoms with van der Waals surface area (Å²) >= 11 is 3.13. The van der Waals surface area contributed by atoms with Gasteiger partial charge in [-0.3, -0.25) is 0 Å². The maximum absolute atomic E-state index is 13.3. The highest BCUT2D eigenvalue weighted by atomic mass is 79.9. The van der Waals surface area contributed by atoms with Gasteiger partial charge in [-0.25, -0.2) is 17.9 Å². The largest absolute Gasteiger partial charge is 0.214 e. The minimum Gasteiger partial charge on any atom is -0.214 e. The third-order valence-electron chi connectivity index (χ3n) is 1.89. The molecule has 7 heteroatoms. The van der Waals surface area contributed by atoms with Crippen LogP contribution in [0.2, 0.25) is 0 Å². The number of halogens is 4. The van der Waals surface area contributed by atoms with Crippen LogP contribution in [0.15, 0.2) is 18.3 Å². The molecule has 0 aliphatic carbocycles. The van der Waals surface area contributed by atoms with Crippen LogP contribution >= 0.6 is 15.9 Å². The highest BCUT2D eigenvalue weighted by Gasteiger charge is 2.14. The van der Waals surface area contributed by atoms with Crippen molar-refractivity contribution in [2.24, 2.45) is 0 Å². The Hall–Kier alpha value is -1.37. The van der Waals surface area contributed by atoms with Crippen molar-refractivity contribution >= 4 is 15.9 Å². The average Bonchev–Trinajstić information content (AvgIpc) is 2.64. The number of hydrogen-bond acceptors (Lipinski definition) is 2. The predicted octanol–water partition coefficient (Wildman–Crippen LogP) is 2.58.